The SMILES string of the molecule is CC1(C)COCC(C)(C)C1=S. The zero-order valence-corrected chi connectivity index (χ0v) is 8.55. The van der Waals surface area contributed by atoms with Crippen molar-refractivity contribution in [3.63, 3.8) is 0 Å². The van der Waals surface area contributed by atoms with Gasteiger partial charge in [0, 0.05) is 15.7 Å². The van der Waals surface area contributed by atoms with Crippen LogP contribution in [0.3, 0.4) is 0 Å². The van der Waals surface area contributed by atoms with Crippen molar-refractivity contribution in [1.29, 1.82) is 0 Å². The Balaban J connectivity index is 2.85. The second-order valence-corrected chi connectivity index (χ2v) is 5.00. The smallest absolute Gasteiger partial charge is 0.0563 e. The lowest BCUT2D eigenvalue weighted by Gasteiger charge is -2.41. The van der Waals surface area contributed by atoms with Crippen LogP contribution in [0.5, 0.6) is 0 Å². The number of thiocarbonyl (C=S) groups is 1. The monoisotopic (exact) mass is 172 g/mol. The number of hydrogen-bond donors (Lipinski definition) is 0. The van der Waals surface area contributed by atoms with E-state index in [2.05, 4.69) is 27.7 Å². The highest BCUT2D eigenvalue weighted by Crippen LogP contribution is 2.35. The average molecular weight is 172 g/mol. The molecule has 1 aliphatic heterocycles. The van der Waals surface area contributed by atoms with E-state index < -0.39 is 0 Å². The van der Waals surface area contributed by atoms with Crippen molar-refractivity contribution in [2.24, 2.45) is 10.8 Å². The summed E-state index contributed by atoms with van der Waals surface area (Å²) in [7, 11) is 0. The maximum absolute atomic E-state index is 5.48. The van der Waals surface area contributed by atoms with Gasteiger partial charge in [-0.2, -0.15) is 0 Å². The molecule has 1 saturated heterocycles. The molecule has 1 heterocycles. The van der Waals surface area contributed by atoms with Crippen LogP contribution in [0.15, 0.2) is 0 Å². The molecule has 1 aliphatic rings. The third kappa shape index (κ3) is 1.62. The molecule has 1 fully saturated rings. The zero-order valence-electron chi connectivity index (χ0n) is 7.73. The van der Waals surface area contributed by atoms with Crippen LogP contribution in [0.25, 0.3) is 0 Å². The van der Waals surface area contributed by atoms with Crippen LogP contribution >= 0.6 is 12.2 Å². The fourth-order valence-electron chi connectivity index (χ4n) is 1.61. The minimum Gasteiger partial charge on any atom is -0.380 e. The molecular weight excluding hydrogens is 156 g/mol. The Morgan fingerprint density at radius 2 is 1.45 bits per heavy atom. The summed E-state index contributed by atoms with van der Waals surface area (Å²) in [6.07, 6.45) is 0. The van der Waals surface area contributed by atoms with Gasteiger partial charge in [-0.15, -0.1) is 0 Å². The summed E-state index contributed by atoms with van der Waals surface area (Å²) in [5.41, 5.74) is 0.161. The van der Waals surface area contributed by atoms with Crippen molar-refractivity contribution in [2.75, 3.05) is 13.2 Å². The van der Waals surface area contributed by atoms with Gasteiger partial charge in [0.1, 0.15) is 0 Å². The summed E-state index contributed by atoms with van der Waals surface area (Å²) in [6.45, 7) is 10.1. The molecule has 0 spiro atoms. The molecule has 0 amide bonds. The molecule has 0 unspecified atom stereocenters. The van der Waals surface area contributed by atoms with E-state index >= 15 is 0 Å². The topological polar surface area (TPSA) is 9.23 Å². The molecule has 0 bridgehead atoms. The van der Waals surface area contributed by atoms with Crippen molar-refractivity contribution >= 4 is 17.1 Å². The third-order valence-electron chi connectivity index (χ3n) is 2.16. The standard InChI is InChI=1S/C9H16OS/c1-8(2)5-10-6-9(3,4)7(8)11/h5-6H2,1-4H3. The quantitative estimate of drug-likeness (QED) is 0.519. The first-order valence-corrected chi connectivity index (χ1v) is 4.40. The Hall–Kier alpha value is 0.0500. The van der Waals surface area contributed by atoms with Gasteiger partial charge in [-0.25, -0.2) is 0 Å². The van der Waals surface area contributed by atoms with E-state index in [1.54, 1.807) is 0 Å². The van der Waals surface area contributed by atoms with Crippen LogP contribution in [0.1, 0.15) is 27.7 Å². The highest BCUT2D eigenvalue weighted by Gasteiger charge is 2.39. The molecule has 0 atom stereocenters. The van der Waals surface area contributed by atoms with Gasteiger partial charge in [0.25, 0.3) is 0 Å². The molecule has 0 radical (unpaired) electrons. The van der Waals surface area contributed by atoms with Gasteiger partial charge in [0.05, 0.1) is 13.2 Å². The molecule has 11 heavy (non-hydrogen) atoms. The Bertz CT molecular complexity index is 164. The van der Waals surface area contributed by atoms with Crippen LogP contribution in [-0.2, 0) is 4.74 Å². The van der Waals surface area contributed by atoms with Crippen LogP contribution in [0.4, 0.5) is 0 Å². The molecule has 0 aliphatic carbocycles. The maximum Gasteiger partial charge on any atom is 0.0563 e. The van der Waals surface area contributed by atoms with Crippen molar-refractivity contribution in [3.8, 4) is 0 Å². The first-order chi connectivity index (χ1) is 4.86. The molecule has 1 nitrogen and oxygen atoms in total. The summed E-state index contributed by atoms with van der Waals surface area (Å²) in [5, 5.41) is 0. The summed E-state index contributed by atoms with van der Waals surface area (Å²) in [6, 6.07) is 0. The van der Waals surface area contributed by atoms with Gasteiger partial charge < -0.3 is 4.74 Å². The summed E-state index contributed by atoms with van der Waals surface area (Å²) in [4.78, 5) is 1.15. The van der Waals surface area contributed by atoms with Crippen LogP contribution < -0.4 is 0 Å². The van der Waals surface area contributed by atoms with E-state index in [1.165, 1.54) is 0 Å². The Kier molecular flexibility index (Phi) is 2.10. The molecule has 0 aromatic carbocycles. The normalized spacial score (nSPS) is 28.5. The molecule has 0 saturated carbocycles. The van der Waals surface area contributed by atoms with Crippen molar-refractivity contribution in [3.05, 3.63) is 0 Å². The fourth-order valence-corrected chi connectivity index (χ4v) is 1.73. The second-order valence-electron chi connectivity index (χ2n) is 4.59. The predicted octanol–water partition coefficient (Wildman–Crippen LogP) is 2.44. The lowest BCUT2D eigenvalue weighted by molar-refractivity contribution is 0.0269. The highest BCUT2D eigenvalue weighted by molar-refractivity contribution is 7.80. The third-order valence-corrected chi connectivity index (χ3v) is 3.26. The minimum atomic E-state index is 0.0804. The average Bonchev–Trinajstić information content (AvgIpc) is 1.82. The Labute approximate surface area is 74.1 Å². The number of rotatable bonds is 0. The van der Waals surface area contributed by atoms with Gasteiger partial charge in [0.15, 0.2) is 0 Å². The molecular formula is C9H16OS. The van der Waals surface area contributed by atoms with E-state index in [-0.39, 0.29) is 10.8 Å². The van der Waals surface area contributed by atoms with E-state index in [0.29, 0.717) is 0 Å². The van der Waals surface area contributed by atoms with E-state index in [1.807, 2.05) is 0 Å². The molecule has 0 aromatic heterocycles. The fraction of sp³-hybridized carbons (Fsp3) is 0.889. The van der Waals surface area contributed by atoms with Gasteiger partial charge in [-0.3, -0.25) is 0 Å². The van der Waals surface area contributed by atoms with E-state index in [0.717, 1.165) is 18.1 Å². The van der Waals surface area contributed by atoms with Crippen molar-refractivity contribution in [2.45, 2.75) is 27.7 Å². The van der Waals surface area contributed by atoms with Crippen LogP contribution in [-0.4, -0.2) is 18.1 Å². The van der Waals surface area contributed by atoms with Crippen molar-refractivity contribution < 1.29 is 4.74 Å². The summed E-state index contributed by atoms with van der Waals surface area (Å²) >= 11 is 5.40. The first kappa shape index (κ1) is 9.14. The van der Waals surface area contributed by atoms with Crippen LogP contribution in [0, 0.1) is 10.8 Å². The van der Waals surface area contributed by atoms with E-state index in [9.17, 15) is 0 Å². The molecule has 0 aromatic rings. The molecule has 64 valence electrons. The Morgan fingerprint density at radius 1 is 1.09 bits per heavy atom. The van der Waals surface area contributed by atoms with Crippen LogP contribution in [0.2, 0.25) is 0 Å². The Morgan fingerprint density at radius 3 is 1.73 bits per heavy atom. The molecule has 1 rings (SSSR count). The minimum absolute atomic E-state index is 0.0804. The number of ether oxygens (including phenoxy) is 1. The largest absolute Gasteiger partial charge is 0.380 e. The predicted molar refractivity (Wildman–Crippen MR) is 51.0 cm³/mol. The summed E-state index contributed by atoms with van der Waals surface area (Å²) in [5.74, 6) is 0. The maximum atomic E-state index is 5.48. The summed E-state index contributed by atoms with van der Waals surface area (Å²) < 4.78 is 5.48. The number of hydrogen-bond acceptors (Lipinski definition) is 2. The lowest BCUT2D eigenvalue weighted by atomic mass is 9.74. The highest BCUT2D eigenvalue weighted by atomic mass is 32.1. The van der Waals surface area contributed by atoms with Gasteiger partial charge in [0.2, 0.25) is 0 Å². The van der Waals surface area contributed by atoms with Gasteiger partial charge in [-0.1, -0.05) is 39.9 Å². The second kappa shape index (κ2) is 2.53. The molecule has 2 heteroatoms. The zero-order chi connectivity index (χ0) is 8.70. The van der Waals surface area contributed by atoms with E-state index in [4.69, 9.17) is 17.0 Å². The molecule has 0 N–H and O–H groups in total. The first-order valence-electron chi connectivity index (χ1n) is 3.99. The van der Waals surface area contributed by atoms with Gasteiger partial charge in [-0.05, 0) is 0 Å². The van der Waals surface area contributed by atoms with Crippen molar-refractivity contribution in [1.82, 2.24) is 0 Å². The van der Waals surface area contributed by atoms with Gasteiger partial charge >= 0.3 is 0 Å². The lowest BCUT2D eigenvalue weighted by Crippen LogP contribution is -2.46.